The van der Waals surface area contributed by atoms with Crippen LogP contribution in [0.1, 0.15) is 11.1 Å². The van der Waals surface area contributed by atoms with Gasteiger partial charge in [0.25, 0.3) is 0 Å². The number of hydrogen-bond acceptors (Lipinski definition) is 2. The zero-order chi connectivity index (χ0) is 18.0. The first-order valence-corrected chi connectivity index (χ1v) is 6.86. The van der Waals surface area contributed by atoms with Gasteiger partial charge < -0.3 is 10.5 Å². The molecule has 0 unspecified atom stereocenters. The summed E-state index contributed by atoms with van der Waals surface area (Å²) in [5, 5.41) is 0. The zero-order valence-electron chi connectivity index (χ0n) is 12.2. The van der Waals surface area contributed by atoms with Crippen molar-refractivity contribution in [3.05, 3.63) is 53.6 Å². The zero-order valence-corrected chi connectivity index (χ0v) is 12.2. The summed E-state index contributed by atoms with van der Waals surface area (Å²) in [6.07, 6.45) is -9.23. The molecule has 2 aromatic carbocycles. The Hall–Kier alpha value is -2.22. The molecule has 0 saturated carbocycles. The van der Waals surface area contributed by atoms with Crippen LogP contribution in [0.3, 0.4) is 0 Å². The van der Waals surface area contributed by atoms with Gasteiger partial charge in [-0.2, -0.15) is 13.2 Å². The van der Waals surface area contributed by atoms with Crippen LogP contribution in [0.2, 0.25) is 0 Å². The molecule has 0 atom stereocenters. The van der Waals surface area contributed by atoms with E-state index in [0.717, 1.165) is 24.3 Å². The van der Waals surface area contributed by atoms with Crippen LogP contribution in [0, 0.1) is 0 Å². The van der Waals surface area contributed by atoms with Crippen molar-refractivity contribution >= 4 is 0 Å². The summed E-state index contributed by atoms with van der Waals surface area (Å²) < 4.78 is 79.6. The largest absolute Gasteiger partial charge is 0.573 e. The molecule has 0 aliphatic carbocycles. The van der Waals surface area contributed by atoms with Crippen LogP contribution < -0.4 is 10.5 Å². The lowest BCUT2D eigenvalue weighted by atomic mass is 9.98. The Morgan fingerprint density at radius 2 is 1.58 bits per heavy atom. The molecule has 0 radical (unpaired) electrons. The lowest BCUT2D eigenvalue weighted by molar-refractivity contribution is -0.274. The van der Waals surface area contributed by atoms with Gasteiger partial charge in [0, 0.05) is 0 Å². The van der Waals surface area contributed by atoms with E-state index in [1.807, 2.05) is 0 Å². The number of nitrogens with two attached hydrogens (primary N) is 1. The van der Waals surface area contributed by atoms with E-state index in [1.54, 1.807) is 0 Å². The predicted molar refractivity (Wildman–Crippen MR) is 76.3 cm³/mol. The maximum atomic E-state index is 13.0. The Kier molecular flexibility index (Phi) is 5.08. The summed E-state index contributed by atoms with van der Waals surface area (Å²) in [7, 11) is 0. The molecule has 0 spiro atoms. The van der Waals surface area contributed by atoms with Gasteiger partial charge in [0.1, 0.15) is 5.75 Å². The fourth-order valence-corrected chi connectivity index (χ4v) is 2.21. The Morgan fingerprint density at radius 1 is 0.875 bits per heavy atom. The second-order valence-corrected chi connectivity index (χ2v) is 5.03. The SMILES string of the molecule is NCCc1cc(-c2cccc(OC(F)(F)F)c2)cc(C(F)(F)F)c1. The molecule has 130 valence electrons. The number of alkyl halides is 6. The average Bonchev–Trinajstić information content (AvgIpc) is 2.45. The van der Waals surface area contributed by atoms with Crippen LogP contribution in [-0.4, -0.2) is 12.9 Å². The highest BCUT2D eigenvalue weighted by atomic mass is 19.4. The van der Waals surface area contributed by atoms with Crippen molar-refractivity contribution < 1.29 is 31.1 Å². The van der Waals surface area contributed by atoms with E-state index in [9.17, 15) is 26.3 Å². The van der Waals surface area contributed by atoms with E-state index in [4.69, 9.17) is 5.73 Å². The molecule has 2 aromatic rings. The van der Waals surface area contributed by atoms with Gasteiger partial charge in [-0.25, -0.2) is 0 Å². The molecular formula is C16H13F6NO. The molecule has 0 bridgehead atoms. The maximum absolute atomic E-state index is 13.0. The van der Waals surface area contributed by atoms with Gasteiger partial charge in [0.2, 0.25) is 0 Å². The van der Waals surface area contributed by atoms with Crippen LogP contribution in [0.4, 0.5) is 26.3 Å². The van der Waals surface area contributed by atoms with E-state index in [0.29, 0.717) is 5.56 Å². The lowest BCUT2D eigenvalue weighted by Crippen LogP contribution is -2.17. The topological polar surface area (TPSA) is 35.2 Å². The lowest BCUT2D eigenvalue weighted by Gasteiger charge is -2.14. The van der Waals surface area contributed by atoms with Crippen molar-refractivity contribution in [2.24, 2.45) is 5.73 Å². The van der Waals surface area contributed by atoms with Gasteiger partial charge >= 0.3 is 12.5 Å². The van der Waals surface area contributed by atoms with Gasteiger partial charge in [-0.15, -0.1) is 13.2 Å². The standard InChI is InChI=1S/C16H13F6NO/c17-15(18,19)13-7-10(4-5-23)6-12(8-13)11-2-1-3-14(9-11)24-16(20,21)22/h1-3,6-9H,4-5,23H2. The van der Waals surface area contributed by atoms with E-state index in [-0.39, 0.29) is 24.1 Å². The maximum Gasteiger partial charge on any atom is 0.573 e. The number of hydrogen-bond donors (Lipinski definition) is 1. The third kappa shape index (κ3) is 4.89. The fourth-order valence-electron chi connectivity index (χ4n) is 2.21. The minimum absolute atomic E-state index is 0.140. The average molecular weight is 349 g/mol. The molecular weight excluding hydrogens is 336 g/mol. The van der Waals surface area contributed by atoms with E-state index >= 15 is 0 Å². The monoisotopic (exact) mass is 349 g/mol. The summed E-state index contributed by atoms with van der Waals surface area (Å²) >= 11 is 0. The molecule has 0 aliphatic rings. The van der Waals surface area contributed by atoms with Crippen molar-refractivity contribution in [3.8, 4) is 16.9 Å². The first-order chi connectivity index (χ1) is 11.1. The minimum Gasteiger partial charge on any atom is -0.406 e. The minimum atomic E-state index is -4.88. The molecule has 2 rings (SSSR count). The normalized spacial score (nSPS) is 12.3. The molecule has 0 heterocycles. The quantitative estimate of drug-likeness (QED) is 0.807. The fraction of sp³-hybridized carbons (Fsp3) is 0.250. The van der Waals surface area contributed by atoms with Crippen molar-refractivity contribution in [2.45, 2.75) is 19.0 Å². The van der Waals surface area contributed by atoms with E-state index in [2.05, 4.69) is 4.74 Å². The van der Waals surface area contributed by atoms with Gasteiger partial charge in [0.05, 0.1) is 5.56 Å². The van der Waals surface area contributed by atoms with E-state index in [1.165, 1.54) is 18.2 Å². The highest BCUT2D eigenvalue weighted by Crippen LogP contribution is 2.35. The Balaban J connectivity index is 2.47. The molecule has 0 saturated heterocycles. The molecule has 8 heteroatoms. The molecule has 0 amide bonds. The summed E-state index contributed by atoms with van der Waals surface area (Å²) in [6.45, 7) is 0.151. The molecule has 0 fully saturated rings. The smallest absolute Gasteiger partial charge is 0.406 e. The Morgan fingerprint density at radius 3 is 2.17 bits per heavy atom. The van der Waals surface area contributed by atoms with Crippen LogP contribution in [0.5, 0.6) is 5.75 Å². The third-order valence-electron chi connectivity index (χ3n) is 3.15. The summed E-state index contributed by atoms with van der Waals surface area (Å²) in [5.41, 5.74) is 5.16. The van der Waals surface area contributed by atoms with Crippen LogP contribution in [-0.2, 0) is 12.6 Å². The third-order valence-corrected chi connectivity index (χ3v) is 3.15. The van der Waals surface area contributed by atoms with Gasteiger partial charge in [-0.05, 0) is 53.9 Å². The highest BCUT2D eigenvalue weighted by molar-refractivity contribution is 5.67. The van der Waals surface area contributed by atoms with Gasteiger partial charge in [-0.1, -0.05) is 18.2 Å². The van der Waals surface area contributed by atoms with Crippen LogP contribution in [0.15, 0.2) is 42.5 Å². The Bertz CT molecular complexity index is 708. The van der Waals surface area contributed by atoms with Crippen LogP contribution >= 0.6 is 0 Å². The second-order valence-electron chi connectivity index (χ2n) is 5.03. The van der Waals surface area contributed by atoms with Crippen molar-refractivity contribution in [1.29, 1.82) is 0 Å². The Labute approximate surface area is 133 Å². The molecule has 2 N–H and O–H groups in total. The van der Waals surface area contributed by atoms with Crippen molar-refractivity contribution in [3.63, 3.8) is 0 Å². The molecule has 0 aromatic heterocycles. The highest BCUT2D eigenvalue weighted by Gasteiger charge is 2.32. The van der Waals surface area contributed by atoms with Crippen LogP contribution in [0.25, 0.3) is 11.1 Å². The molecule has 24 heavy (non-hydrogen) atoms. The molecule has 0 aliphatic heterocycles. The predicted octanol–water partition coefficient (Wildman–Crippen LogP) is 4.77. The van der Waals surface area contributed by atoms with Crippen molar-refractivity contribution in [1.82, 2.24) is 0 Å². The summed E-state index contributed by atoms with van der Waals surface area (Å²) in [4.78, 5) is 0. The first kappa shape index (κ1) is 18.1. The van der Waals surface area contributed by atoms with Gasteiger partial charge in [0.15, 0.2) is 0 Å². The van der Waals surface area contributed by atoms with E-state index < -0.39 is 23.9 Å². The summed E-state index contributed by atoms with van der Waals surface area (Å²) in [5.74, 6) is -0.502. The summed E-state index contributed by atoms with van der Waals surface area (Å²) in [6, 6.07) is 8.12. The number of benzene rings is 2. The first-order valence-electron chi connectivity index (χ1n) is 6.86. The van der Waals surface area contributed by atoms with Gasteiger partial charge in [-0.3, -0.25) is 0 Å². The number of ether oxygens (including phenoxy) is 1. The number of halogens is 6. The second kappa shape index (κ2) is 6.72. The number of rotatable bonds is 4. The molecule has 2 nitrogen and oxygen atoms in total. The van der Waals surface area contributed by atoms with Crippen molar-refractivity contribution in [2.75, 3.05) is 6.54 Å².